The first-order chi connectivity index (χ1) is 8.91. The van der Waals surface area contributed by atoms with Gasteiger partial charge in [0.1, 0.15) is 11.3 Å². The van der Waals surface area contributed by atoms with Crippen molar-refractivity contribution in [1.29, 1.82) is 0 Å². The molecule has 1 aromatic rings. The van der Waals surface area contributed by atoms with Crippen LogP contribution < -0.4 is 10.1 Å². The van der Waals surface area contributed by atoms with Crippen LogP contribution in [0.4, 0.5) is 0 Å². The number of rotatable bonds is 7. The molecule has 1 rings (SSSR count). The van der Waals surface area contributed by atoms with E-state index in [0.29, 0.717) is 6.42 Å². The number of ether oxygens (including phenoxy) is 1. The van der Waals surface area contributed by atoms with Crippen molar-refractivity contribution in [2.75, 3.05) is 14.2 Å². The summed E-state index contributed by atoms with van der Waals surface area (Å²) in [4.78, 5) is 12.3. The van der Waals surface area contributed by atoms with Gasteiger partial charge >= 0.3 is 5.97 Å². The van der Waals surface area contributed by atoms with E-state index in [9.17, 15) is 9.90 Å². The number of nitrogens with one attached hydrogen (secondary N) is 1. The van der Waals surface area contributed by atoms with Gasteiger partial charge in [0, 0.05) is 10.1 Å². The molecule has 0 aromatic heterocycles. The molecule has 2 N–H and O–H groups in total. The summed E-state index contributed by atoms with van der Waals surface area (Å²) in [5.74, 6) is -0.0140. The lowest BCUT2D eigenvalue weighted by molar-refractivity contribution is -0.144. The Kier molecular flexibility index (Phi) is 5.69. The first-order valence-electron chi connectivity index (χ1n) is 6.14. The van der Waals surface area contributed by atoms with Gasteiger partial charge in [0.15, 0.2) is 0 Å². The maximum absolute atomic E-state index is 11.2. The smallest absolute Gasteiger partial charge is 0.323 e. The van der Waals surface area contributed by atoms with Gasteiger partial charge in [-0.15, -0.1) is 11.8 Å². The summed E-state index contributed by atoms with van der Waals surface area (Å²) in [6.07, 6.45) is 0.542. The molecule has 106 valence electrons. The summed E-state index contributed by atoms with van der Waals surface area (Å²) in [6.45, 7) is 3.74. The fourth-order valence-electron chi connectivity index (χ4n) is 1.82. The molecule has 0 saturated heterocycles. The Bertz CT molecular complexity index is 438. The molecule has 1 aromatic carbocycles. The summed E-state index contributed by atoms with van der Waals surface area (Å²) in [5.41, 5.74) is -0.898. The molecule has 0 radical (unpaired) electrons. The Balaban J connectivity index is 2.69. The number of benzene rings is 1. The van der Waals surface area contributed by atoms with Gasteiger partial charge < -0.3 is 15.2 Å². The molecule has 5 heteroatoms. The van der Waals surface area contributed by atoms with Crippen LogP contribution in [-0.4, -0.2) is 36.0 Å². The van der Waals surface area contributed by atoms with Crippen LogP contribution >= 0.6 is 11.8 Å². The first-order valence-corrected chi connectivity index (χ1v) is 7.02. The minimum atomic E-state index is -0.898. The Morgan fingerprint density at radius 1 is 1.58 bits per heavy atom. The molecule has 0 saturated carbocycles. The molecule has 2 atom stereocenters. The fourth-order valence-corrected chi connectivity index (χ4v) is 3.04. The Morgan fingerprint density at radius 2 is 2.26 bits per heavy atom. The van der Waals surface area contributed by atoms with Crippen molar-refractivity contribution in [3.05, 3.63) is 24.3 Å². The van der Waals surface area contributed by atoms with Crippen LogP contribution in [0.3, 0.4) is 0 Å². The van der Waals surface area contributed by atoms with Crippen molar-refractivity contribution in [2.45, 2.75) is 36.0 Å². The number of carboxylic acids is 1. The van der Waals surface area contributed by atoms with E-state index in [2.05, 4.69) is 5.32 Å². The van der Waals surface area contributed by atoms with E-state index in [1.165, 1.54) is 0 Å². The largest absolute Gasteiger partial charge is 0.497 e. The SMILES string of the molecule is CNC(C)(CC(C)Sc1cccc(OC)c1)C(=O)O. The van der Waals surface area contributed by atoms with Crippen LogP contribution in [0.5, 0.6) is 5.75 Å². The monoisotopic (exact) mass is 283 g/mol. The van der Waals surface area contributed by atoms with Gasteiger partial charge in [-0.2, -0.15) is 0 Å². The van der Waals surface area contributed by atoms with Crippen molar-refractivity contribution >= 4 is 17.7 Å². The molecule has 0 aliphatic rings. The second-order valence-electron chi connectivity index (χ2n) is 4.70. The highest BCUT2D eigenvalue weighted by molar-refractivity contribution is 8.00. The standard InChI is InChI=1S/C14H21NO3S/c1-10(9-14(2,15-3)13(16)17)19-12-7-5-6-11(8-12)18-4/h5-8,10,15H,9H2,1-4H3,(H,16,17). The summed E-state index contributed by atoms with van der Waals surface area (Å²) in [7, 11) is 3.31. The molecule has 0 fully saturated rings. The summed E-state index contributed by atoms with van der Waals surface area (Å²) < 4.78 is 5.18. The molecule has 0 heterocycles. The van der Waals surface area contributed by atoms with E-state index in [4.69, 9.17) is 4.74 Å². The van der Waals surface area contributed by atoms with Crippen LogP contribution in [0.1, 0.15) is 20.3 Å². The summed E-state index contributed by atoms with van der Waals surface area (Å²) in [6, 6.07) is 7.78. The molecular formula is C14H21NO3S. The molecule has 2 unspecified atom stereocenters. The van der Waals surface area contributed by atoms with Gasteiger partial charge in [-0.25, -0.2) is 0 Å². The number of carboxylic acid groups (broad SMARTS) is 1. The molecule has 0 aliphatic carbocycles. The number of hydrogen-bond acceptors (Lipinski definition) is 4. The first kappa shape index (κ1) is 15.9. The van der Waals surface area contributed by atoms with Gasteiger partial charge in [0.2, 0.25) is 0 Å². The van der Waals surface area contributed by atoms with E-state index in [-0.39, 0.29) is 5.25 Å². The van der Waals surface area contributed by atoms with Gasteiger partial charge in [-0.1, -0.05) is 13.0 Å². The van der Waals surface area contributed by atoms with E-state index < -0.39 is 11.5 Å². The zero-order valence-electron chi connectivity index (χ0n) is 11.8. The van der Waals surface area contributed by atoms with Crippen LogP contribution in [-0.2, 0) is 4.79 Å². The van der Waals surface area contributed by atoms with Crippen molar-refractivity contribution in [1.82, 2.24) is 5.32 Å². The van der Waals surface area contributed by atoms with Gasteiger partial charge in [0.05, 0.1) is 7.11 Å². The number of methoxy groups -OCH3 is 1. The van der Waals surface area contributed by atoms with Crippen LogP contribution in [0.25, 0.3) is 0 Å². The number of hydrogen-bond donors (Lipinski definition) is 2. The van der Waals surface area contributed by atoms with E-state index >= 15 is 0 Å². The van der Waals surface area contributed by atoms with Crippen LogP contribution in [0, 0.1) is 0 Å². The highest BCUT2D eigenvalue weighted by Crippen LogP contribution is 2.30. The molecule has 19 heavy (non-hydrogen) atoms. The minimum Gasteiger partial charge on any atom is -0.497 e. The predicted molar refractivity (Wildman–Crippen MR) is 78.0 cm³/mol. The van der Waals surface area contributed by atoms with Crippen molar-refractivity contribution in [3.63, 3.8) is 0 Å². The zero-order valence-corrected chi connectivity index (χ0v) is 12.6. The number of thioether (sulfide) groups is 1. The maximum atomic E-state index is 11.2. The maximum Gasteiger partial charge on any atom is 0.323 e. The summed E-state index contributed by atoms with van der Waals surface area (Å²) >= 11 is 1.65. The molecule has 0 spiro atoms. The van der Waals surface area contributed by atoms with E-state index in [0.717, 1.165) is 10.6 Å². The zero-order chi connectivity index (χ0) is 14.5. The van der Waals surface area contributed by atoms with Crippen LogP contribution in [0.15, 0.2) is 29.2 Å². The topological polar surface area (TPSA) is 58.6 Å². The van der Waals surface area contributed by atoms with E-state index in [1.807, 2.05) is 31.2 Å². The Hall–Kier alpha value is -1.20. The third-order valence-corrected chi connectivity index (χ3v) is 4.19. The van der Waals surface area contributed by atoms with E-state index in [1.54, 1.807) is 32.8 Å². The Morgan fingerprint density at radius 3 is 2.79 bits per heavy atom. The van der Waals surface area contributed by atoms with Gasteiger partial charge in [-0.3, -0.25) is 4.79 Å². The average Bonchev–Trinajstić information content (AvgIpc) is 2.38. The number of likely N-dealkylation sites (N-methyl/N-ethyl adjacent to an activating group) is 1. The predicted octanol–water partition coefficient (Wildman–Crippen LogP) is 2.63. The minimum absolute atomic E-state index is 0.181. The second-order valence-corrected chi connectivity index (χ2v) is 6.21. The summed E-state index contributed by atoms with van der Waals surface area (Å²) in [5, 5.41) is 12.3. The quantitative estimate of drug-likeness (QED) is 0.753. The van der Waals surface area contributed by atoms with Crippen molar-refractivity contribution in [2.24, 2.45) is 0 Å². The molecule has 4 nitrogen and oxygen atoms in total. The third-order valence-electron chi connectivity index (χ3n) is 3.10. The highest BCUT2D eigenvalue weighted by Gasteiger charge is 2.33. The second kappa shape index (κ2) is 6.82. The lowest BCUT2D eigenvalue weighted by Gasteiger charge is -2.27. The van der Waals surface area contributed by atoms with Gasteiger partial charge in [-0.05, 0) is 38.6 Å². The molecule has 0 aliphatic heterocycles. The fraction of sp³-hybridized carbons (Fsp3) is 0.500. The molecule has 0 bridgehead atoms. The number of carbonyl (C=O) groups is 1. The normalized spacial score (nSPS) is 15.6. The van der Waals surface area contributed by atoms with Crippen LogP contribution in [0.2, 0.25) is 0 Å². The lowest BCUT2D eigenvalue weighted by atomic mass is 9.96. The average molecular weight is 283 g/mol. The molecule has 0 amide bonds. The number of aliphatic carboxylic acids is 1. The molecular weight excluding hydrogens is 262 g/mol. The van der Waals surface area contributed by atoms with Gasteiger partial charge in [0.25, 0.3) is 0 Å². The van der Waals surface area contributed by atoms with Crippen molar-refractivity contribution in [3.8, 4) is 5.75 Å². The highest BCUT2D eigenvalue weighted by atomic mass is 32.2. The Labute approximate surface area is 118 Å². The lowest BCUT2D eigenvalue weighted by Crippen LogP contribution is -2.49. The van der Waals surface area contributed by atoms with Crippen molar-refractivity contribution < 1.29 is 14.6 Å². The third kappa shape index (κ3) is 4.44.